The summed E-state index contributed by atoms with van der Waals surface area (Å²) in [7, 11) is 0. The largest absolute Gasteiger partial charge is 0.481 e. The summed E-state index contributed by atoms with van der Waals surface area (Å²) >= 11 is 7.42. The first-order valence-corrected chi connectivity index (χ1v) is 54.2. The molecule has 21 unspecified atom stereocenters. The molecule has 28 fully saturated rings. The van der Waals surface area contributed by atoms with Crippen molar-refractivity contribution in [1.29, 1.82) is 0 Å². The van der Waals surface area contributed by atoms with Gasteiger partial charge in [0.25, 0.3) is 0 Å². The molecule has 7 heterocycles. The maximum absolute atomic E-state index is 12.5. The molecule has 28 atom stereocenters. The first-order valence-electron chi connectivity index (χ1n) is 53.3. The Labute approximate surface area is 849 Å². The van der Waals surface area contributed by atoms with Crippen molar-refractivity contribution in [3.8, 4) is 0 Å². The zero-order chi connectivity index (χ0) is 104. The fourth-order valence-corrected chi connectivity index (χ4v) is 33.3. The van der Waals surface area contributed by atoms with Crippen LogP contribution in [0, 0.1) is 121 Å². The summed E-state index contributed by atoms with van der Waals surface area (Å²) in [4.78, 5) is 108. The van der Waals surface area contributed by atoms with Gasteiger partial charge in [0.05, 0.1) is 87.7 Å². The number of carboxylic acids is 2. The van der Waals surface area contributed by atoms with Crippen molar-refractivity contribution in [3.05, 3.63) is 0 Å². The van der Waals surface area contributed by atoms with Crippen molar-refractivity contribution >= 4 is 73.3 Å². The number of hydrogen-bond donors (Lipinski definition) is 8. The normalized spacial score (nSPS) is 43.3. The highest BCUT2D eigenvalue weighted by atomic mass is 32.1. The molecule has 141 heavy (non-hydrogen) atoms. The molecule has 21 saturated carbocycles. The molecule has 31 nitrogen and oxygen atoms in total. The van der Waals surface area contributed by atoms with Gasteiger partial charge in [0, 0.05) is 20.0 Å². The second kappa shape index (κ2) is 37.5. The Morgan fingerprint density at radius 1 is 0.277 bits per heavy atom. The van der Waals surface area contributed by atoms with Gasteiger partial charge in [-0.3, -0.25) is 38.4 Å². The lowest BCUT2D eigenvalue weighted by Gasteiger charge is -2.64. The van der Waals surface area contributed by atoms with E-state index < -0.39 is 104 Å². The number of carbonyl (C=O) groups excluding carboxylic acids is 6. The lowest BCUT2D eigenvalue weighted by Crippen LogP contribution is -2.67. The molecule has 33 heteroatoms. The van der Waals surface area contributed by atoms with Gasteiger partial charge in [0.2, 0.25) is 11.8 Å². The molecule has 14 bridgehead atoms. The fraction of sp³-hybridized carbons (Fsp3) is 0.926. The van der Waals surface area contributed by atoms with Gasteiger partial charge < -0.3 is 102 Å². The van der Waals surface area contributed by atoms with E-state index in [0.29, 0.717) is 89.8 Å². The zero-order valence-corrected chi connectivity index (χ0v) is 92.5. The molecule has 28 rings (SSSR count). The van der Waals surface area contributed by atoms with Gasteiger partial charge in [-0.2, -0.15) is 0 Å². The smallest absolute Gasteiger partial charge is 0.328 e. The summed E-state index contributed by atoms with van der Waals surface area (Å²) in [5.74, 6) is -0.661. The van der Waals surface area contributed by atoms with E-state index in [9.17, 15) is 48.6 Å². The molecule has 6 N–H and O–H groups in total. The van der Waals surface area contributed by atoms with E-state index in [2.05, 4.69) is 157 Å². The molecule has 0 radical (unpaired) electrons. The Morgan fingerprint density at radius 2 is 0.454 bits per heavy atom. The number of aliphatic carboxylic acids is 2. The monoisotopic (exact) mass is 2030 g/mol. The first-order chi connectivity index (χ1) is 64.8. The Kier molecular flexibility index (Phi) is 29.6. The molecule has 7 aliphatic heterocycles. The highest BCUT2D eigenvalue weighted by Gasteiger charge is 2.79. The highest BCUT2D eigenvalue weighted by Crippen LogP contribution is 2.76. The van der Waals surface area contributed by atoms with E-state index in [-0.39, 0.29) is 142 Å². The minimum atomic E-state index is -0.789. The van der Waals surface area contributed by atoms with Crippen molar-refractivity contribution in [2.24, 2.45) is 121 Å². The average Bonchev–Trinajstić information content (AvgIpc) is 1.62. The molecule has 21 aliphatic carbocycles. The second-order valence-corrected chi connectivity index (χ2v) is 54.1. The first kappa shape index (κ1) is 111. The molecular formula is C108H176N4O27S2. The number of unbranched alkanes of at least 4 members (excludes halogenated alkanes) is 2. The van der Waals surface area contributed by atoms with E-state index in [4.69, 9.17) is 80.7 Å². The SMILES string of the molecule is CC(=O)OC(=O)C[C@]12OC(C)(C)OC1CC1CC2C1(C)C.CC1(C)OC2CC3CC(C3(C)C)[C@@]2(CC(=O)O)O1.CC1(C)OC2CC3CC(C3(C)C)[C@@]2(CC(=O)O)O1.CC1(C)OC2CC3CC(C3(C)C)[C@@]2(CC(=O)ONS)O1.CC1(C)OC2CC3CC(C3(C)C)[C@@]2(CC(=O)ONS)O1.CCCCNC(=O)C[C@]12OC(C)(C)OC1CC1CC2C1(C)C.CCCCNC(=O)C[C@]12OC(C)(C)OC1CC1CC2C1(C)C. The van der Waals surface area contributed by atoms with E-state index in [0.717, 1.165) is 116 Å². The van der Waals surface area contributed by atoms with Crippen molar-refractivity contribution < 1.29 is 129 Å². The molecular weight excluding hydrogens is 1850 g/mol. The summed E-state index contributed by atoms with van der Waals surface area (Å²) in [5.41, 5.74) is -2.52. The number of nitrogens with one attached hydrogen (secondary N) is 4. The van der Waals surface area contributed by atoms with Crippen LogP contribution in [0.3, 0.4) is 0 Å². The number of esters is 2. The van der Waals surface area contributed by atoms with Gasteiger partial charge in [-0.1, -0.05) is 159 Å². The Hall–Kier alpha value is -3.98. The standard InChI is InChI=1S/2C18H31NO3.C16H24O5.2C14H23NO4S.2C14H22O4/c2*1-6-7-8-19-15(20)11-18-13-9-12(16(13,2)3)10-14(18)21-17(4,5)22-18;1-9(17)19-13(18)8-16-11-6-10(14(11,2)3)7-12(16)20-15(4,5)21-16;2*1-12(2)8-5-9(12)14(7-11(16)18-15-20)10(6-8)17-13(3,4)19-14;2*1-12(2)8-5-9(12)14(7-11(15)16)10(6-8)17-13(3,4)18-14/h2*12-14H,6-11H2,1-5H3,(H,19,20);10-12H,6-8H2,1-5H3;2*8-10,15,20H,5-7H2,1-4H3;2*8-10H,5-7H2,1-4H3,(H,15,16)/t2*12?,13?,14?,18-;10?,11?,12?,16-;4*8?,9?,10?,14-/m1111111/s1. The molecule has 0 aromatic heterocycles. The summed E-state index contributed by atoms with van der Waals surface area (Å²) in [5, 5.41) is 24.6. The Balaban J connectivity index is 0.000000124. The summed E-state index contributed by atoms with van der Waals surface area (Å²) in [6, 6.07) is 0. The van der Waals surface area contributed by atoms with Gasteiger partial charge in [-0.05, 0) is 320 Å². The molecule has 0 aromatic carbocycles. The third-order valence-electron chi connectivity index (χ3n) is 40.0. The maximum Gasteiger partial charge on any atom is 0.328 e. The average molecular weight is 2030 g/mol. The molecule has 802 valence electrons. The number of ether oxygens (including phenoxy) is 15. The van der Waals surface area contributed by atoms with E-state index >= 15 is 0 Å². The van der Waals surface area contributed by atoms with Crippen LogP contribution >= 0.6 is 25.6 Å². The van der Waals surface area contributed by atoms with Crippen LogP contribution in [-0.4, -0.2) is 193 Å². The lowest BCUT2D eigenvalue weighted by molar-refractivity contribution is -0.235. The van der Waals surface area contributed by atoms with Crippen molar-refractivity contribution in [1.82, 2.24) is 20.4 Å². The van der Waals surface area contributed by atoms with Crippen LogP contribution in [0.5, 0.6) is 0 Å². The molecule has 0 aromatic rings. The Morgan fingerprint density at radius 3 is 0.617 bits per heavy atom. The van der Waals surface area contributed by atoms with Crippen molar-refractivity contribution in [2.75, 3.05) is 13.1 Å². The fourth-order valence-electron chi connectivity index (χ4n) is 33.1. The predicted octanol–water partition coefficient (Wildman–Crippen LogP) is 18.2. The summed E-state index contributed by atoms with van der Waals surface area (Å²) in [6.45, 7) is 65.7. The van der Waals surface area contributed by atoms with Crippen LogP contribution < -0.4 is 20.4 Å². The van der Waals surface area contributed by atoms with Crippen LogP contribution in [0.25, 0.3) is 0 Å². The van der Waals surface area contributed by atoms with E-state index in [1.165, 1.54) is 19.8 Å². The van der Waals surface area contributed by atoms with Crippen LogP contribution in [0.4, 0.5) is 0 Å². The predicted molar refractivity (Wildman–Crippen MR) is 526 cm³/mol. The van der Waals surface area contributed by atoms with Crippen LogP contribution in [0.1, 0.15) is 375 Å². The van der Waals surface area contributed by atoms with Gasteiger partial charge in [-0.25, -0.2) is 0 Å². The van der Waals surface area contributed by atoms with Crippen molar-refractivity contribution in [2.45, 2.75) is 498 Å². The van der Waals surface area contributed by atoms with Crippen LogP contribution in [0.15, 0.2) is 0 Å². The zero-order valence-electron chi connectivity index (χ0n) is 90.7. The quantitative estimate of drug-likeness (QED) is 0.0125. The number of amides is 2. The molecule has 7 saturated heterocycles. The Bertz CT molecular complexity index is 4460. The number of rotatable bonds is 22. The van der Waals surface area contributed by atoms with Gasteiger partial charge >= 0.3 is 35.8 Å². The van der Waals surface area contributed by atoms with Crippen molar-refractivity contribution in [3.63, 3.8) is 0 Å². The molecule has 0 spiro atoms. The van der Waals surface area contributed by atoms with Gasteiger partial charge in [0.15, 0.2) is 40.5 Å². The van der Waals surface area contributed by atoms with Crippen LogP contribution in [-0.2, 0) is 119 Å². The third kappa shape index (κ3) is 19.7. The van der Waals surface area contributed by atoms with Gasteiger partial charge in [0.1, 0.15) is 39.2 Å². The maximum atomic E-state index is 12.5. The number of carbonyl (C=O) groups is 8. The lowest BCUT2D eigenvalue weighted by atomic mass is 9.43. The number of carboxylic acid groups (broad SMARTS) is 2. The summed E-state index contributed by atoms with van der Waals surface area (Å²) in [6.07, 6.45) is 20.1. The van der Waals surface area contributed by atoms with Crippen LogP contribution in [0.2, 0.25) is 0 Å². The minimum Gasteiger partial charge on any atom is -0.481 e. The molecule has 28 aliphatic rings. The van der Waals surface area contributed by atoms with E-state index in [1.807, 2.05) is 96.9 Å². The van der Waals surface area contributed by atoms with Gasteiger partial charge in [-0.15, -0.1) is 0 Å². The minimum absolute atomic E-state index is 0.0262. The summed E-state index contributed by atoms with van der Waals surface area (Å²) < 4.78 is 91.1. The third-order valence-corrected chi connectivity index (χ3v) is 40.2. The number of hydrogen-bond acceptors (Lipinski definition) is 29. The number of thiol groups is 2. The molecule has 2 amide bonds. The highest BCUT2D eigenvalue weighted by molar-refractivity contribution is 7.78. The topological polar surface area (TPSA) is 382 Å². The van der Waals surface area contributed by atoms with E-state index in [1.54, 1.807) is 0 Å². The second-order valence-electron chi connectivity index (χ2n) is 53.8.